The van der Waals surface area contributed by atoms with E-state index < -0.39 is 39.1 Å². The van der Waals surface area contributed by atoms with E-state index in [1.54, 1.807) is 19.1 Å². The third-order valence-electron chi connectivity index (χ3n) is 6.30. The molecule has 5 rings (SSSR count). The average molecular weight is 543 g/mol. The van der Waals surface area contributed by atoms with Crippen LogP contribution in [0.5, 0.6) is 0 Å². The molecule has 0 bridgehead atoms. The van der Waals surface area contributed by atoms with Gasteiger partial charge in [0.05, 0.1) is 29.2 Å². The first-order valence-electron chi connectivity index (χ1n) is 11.3. The highest BCUT2D eigenvalue weighted by molar-refractivity contribution is 7.92. The van der Waals surface area contributed by atoms with Crippen LogP contribution >= 0.6 is 0 Å². The first-order valence-corrected chi connectivity index (χ1v) is 12.8. The van der Waals surface area contributed by atoms with Crippen molar-refractivity contribution in [3.8, 4) is 0 Å². The first-order chi connectivity index (χ1) is 18.1. The van der Waals surface area contributed by atoms with E-state index in [0.717, 1.165) is 30.3 Å². The second-order valence-corrected chi connectivity index (χ2v) is 10.4. The zero-order valence-corrected chi connectivity index (χ0v) is 20.6. The van der Waals surface area contributed by atoms with Gasteiger partial charge in [0.1, 0.15) is 35.7 Å². The molecule has 2 aromatic heterocycles. The molecule has 3 aromatic carbocycles. The fraction of sp³-hybridized carbons (Fsp3) is 0.160. The Morgan fingerprint density at radius 3 is 2.42 bits per heavy atom. The summed E-state index contributed by atoms with van der Waals surface area (Å²) in [7, 11) is -3.98. The molecule has 0 aliphatic heterocycles. The molecule has 0 saturated carbocycles. The molecular weight excluding hydrogens is 521 g/mol. The molecule has 0 radical (unpaired) electrons. The van der Waals surface area contributed by atoms with Crippen LogP contribution in [0.3, 0.4) is 0 Å². The zero-order valence-electron chi connectivity index (χ0n) is 19.8. The number of hydrogen-bond donors (Lipinski definition) is 2. The van der Waals surface area contributed by atoms with E-state index in [2.05, 4.69) is 19.9 Å². The van der Waals surface area contributed by atoms with Gasteiger partial charge in [-0.1, -0.05) is 6.07 Å². The molecule has 0 amide bonds. The lowest BCUT2D eigenvalue weighted by atomic mass is 9.86. The summed E-state index contributed by atoms with van der Waals surface area (Å²) in [6.45, 7) is 1.41. The van der Waals surface area contributed by atoms with Gasteiger partial charge in [0.2, 0.25) is 0 Å². The van der Waals surface area contributed by atoms with Crippen LogP contribution in [-0.4, -0.2) is 38.1 Å². The predicted molar refractivity (Wildman–Crippen MR) is 132 cm³/mol. The van der Waals surface area contributed by atoms with Gasteiger partial charge in [0.15, 0.2) is 0 Å². The minimum atomic E-state index is -3.98. The third kappa shape index (κ3) is 4.73. The van der Waals surface area contributed by atoms with Gasteiger partial charge in [-0.25, -0.2) is 31.3 Å². The number of anilines is 1. The number of hydrogen-bond acceptors (Lipinski definition) is 6. The van der Waals surface area contributed by atoms with E-state index in [0.29, 0.717) is 17.0 Å². The average Bonchev–Trinajstić information content (AvgIpc) is 3.53. The number of fused-ring (bicyclic) bond motifs is 1. The minimum Gasteiger partial charge on any atom is -0.381 e. The molecule has 9 nitrogen and oxygen atoms in total. The van der Waals surface area contributed by atoms with Gasteiger partial charge in [-0.3, -0.25) is 9.40 Å². The van der Waals surface area contributed by atoms with Crippen molar-refractivity contribution >= 4 is 26.6 Å². The van der Waals surface area contributed by atoms with Gasteiger partial charge in [-0.15, -0.1) is 0 Å². The maximum Gasteiger partial charge on any atom is 0.261 e. The van der Waals surface area contributed by atoms with Crippen molar-refractivity contribution in [2.75, 3.05) is 4.72 Å². The van der Waals surface area contributed by atoms with Gasteiger partial charge in [-0.2, -0.15) is 10.2 Å². The zero-order chi connectivity index (χ0) is 27.1. The van der Waals surface area contributed by atoms with Crippen molar-refractivity contribution in [1.29, 1.82) is 0 Å². The molecule has 13 heteroatoms. The predicted octanol–water partition coefficient (Wildman–Crippen LogP) is 3.99. The SMILES string of the molecule is C[C@@H](n1ncc2cc(NS(=O)(=O)c3ccc(F)cc3)ccc21)[C@](O)(Cn1cncn1)c1ccc(F)cc1F. The van der Waals surface area contributed by atoms with E-state index in [4.69, 9.17) is 0 Å². The number of halogens is 3. The molecule has 2 atom stereocenters. The van der Waals surface area contributed by atoms with Crippen LogP contribution in [0.1, 0.15) is 18.5 Å². The molecule has 0 aliphatic rings. The van der Waals surface area contributed by atoms with Crippen molar-refractivity contribution in [3.05, 3.63) is 103 Å². The van der Waals surface area contributed by atoms with Gasteiger partial charge in [0.25, 0.3) is 10.0 Å². The van der Waals surface area contributed by atoms with Gasteiger partial charge in [0, 0.05) is 22.7 Å². The summed E-state index contributed by atoms with van der Waals surface area (Å²) >= 11 is 0. The van der Waals surface area contributed by atoms with E-state index in [9.17, 15) is 26.7 Å². The van der Waals surface area contributed by atoms with Crippen LogP contribution in [0.4, 0.5) is 18.9 Å². The van der Waals surface area contributed by atoms with Crippen LogP contribution in [0.2, 0.25) is 0 Å². The molecule has 0 unspecified atom stereocenters. The van der Waals surface area contributed by atoms with Gasteiger partial charge in [-0.05, 0) is 55.5 Å². The topological polar surface area (TPSA) is 115 Å². The van der Waals surface area contributed by atoms with Crippen LogP contribution in [0.15, 0.2) is 84.4 Å². The van der Waals surface area contributed by atoms with Crippen LogP contribution in [0.25, 0.3) is 10.9 Å². The van der Waals surface area contributed by atoms with Crippen molar-refractivity contribution in [2.45, 2.75) is 30.0 Å². The number of nitrogens with zero attached hydrogens (tertiary/aromatic N) is 5. The lowest BCUT2D eigenvalue weighted by Crippen LogP contribution is -2.41. The summed E-state index contributed by atoms with van der Waals surface area (Å²) in [5.41, 5.74) is -1.35. The molecule has 196 valence electrons. The van der Waals surface area contributed by atoms with Crippen LogP contribution in [0, 0.1) is 17.5 Å². The monoisotopic (exact) mass is 542 g/mol. The number of aliphatic hydroxyl groups is 1. The number of nitrogens with one attached hydrogen (secondary N) is 1. The normalized spacial score (nSPS) is 14.3. The number of aromatic nitrogens is 5. The highest BCUT2D eigenvalue weighted by Crippen LogP contribution is 2.38. The molecule has 2 heterocycles. The summed E-state index contributed by atoms with van der Waals surface area (Å²) in [4.78, 5) is 3.76. The van der Waals surface area contributed by atoms with Crippen molar-refractivity contribution in [2.24, 2.45) is 0 Å². The Morgan fingerprint density at radius 2 is 1.74 bits per heavy atom. The Kier molecular flexibility index (Phi) is 6.41. The Bertz CT molecular complexity index is 1710. The van der Waals surface area contributed by atoms with E-state index in [1.165, 1.54) is 40.3 Å². The van der Waals surface area contributed by atoms with E-state index in [-0.39, 0.29) is 22.7 Å². The Hall–Kier alpha value is -4.23. The van der Waals surface area contributed by atoms with Crippen molar-refractivity contribution < 1.29 is 26.7 Å². The van der Waals surface area contributed by atoms with Crippen molar-refractivity contribution in [1.82, 2.24) is 24.5 Å². The Morgan fingerprint density at radius 1 is 1.00 bits per heavy atom. The van der Waals surface area contributed by atoms with E-state index >= 15 is 0 Å². The fourth-order valence-electron chi connectivity index (χ4n) is 4.30. The smallest absolute Gasteiger partial charge is 0.261 e. The van der Waals surface area contributed by atoms with Crippen molar-refractivity contribution in [3.63, 3.8) is 0 Å². The Balaban J connectivity index is 1.51. The van der Waals surface area contributed by atoms with Gasteiger partial charge >= 0.3 is 0 Å². The summed E-state index contributed by atoms with van der Waals surface area (Å²) in [6, 6.07) is 11.1. The maximum atomic E-state index is 14.9. The minimum absolute atomic E-state index is 0.109. The number of sulfonamides is 1. The Labute approximate surface area is 215 Å². The third-order valence-corrected chi connectivity index (χ3v) is 7.69. The highest BCUT2D eigenvalue weighted by atomic mass is 32.2. The molecule has 0 spiro atoms. The summed E-state index contributed by atoms with van der Waals surface area (Å²) in [5.74, 6) is -2.29. The van der Waals surface area contributed by atoms with E-state index in [1.807, 2.05) is 0 Å². The van der Waals surface area contributed by atoms with Gasteiger partial charge < -0.3 is 5.11 Å². The largest absolute Gasteiger partial charge is 0.381 e. The highest BCUT2D eigenvalue weighted by Gasteiger charge is 2.41. The number of rotatable bonds is 8. The van der Waals surface area contributed by atoms with Crippen LogP contribution in [-0.2, 0) is 22.2 Å². The molecule has 5 aromatic rings. The molecule has 38 heavy (non-hydrogen) atoms. The molecule has 2 N–H and O–H groups in total. The van der Waals surface area contributed by atoms with Crippen LogP contribution < -0.4 is 4.72 Å². The quantitative estimate of drug-likeness (QED) is 0.306. The first kappa shape index (κ1) is 25.4. The molecular formula is C25H21F3N6O3S. The maximum absolute atomic E-state index is 14.9. The standard InChI is InChI=1S/C25H21F3N6O3S/c1-16(25(35,13-33-15-29-14-31-33)22-8-4-19(27)11-23(22)28)34-24-9-5-20(10-17(24)12-30-34)32-38(36,37)21-6-2-18(26)3-7-21/h2-12,14-16,32,35H,13H2,1H3/t16-,25-/m1/s1. The fourth-order valence-corrected chi connectivity index (χ4v) is 5.35. The molecule has 0 aliphatic carbocycles. The lowest BCUT2D eigenvalue weighted by Gasteiger charge is -2.35. The molecule has 0 fully saturated rings. The second kappa shape index (κ2) is 9.58. The lowest BCUT2D eigenvalue weighted by molar-refractivity contribution is -0.0354. The second-order valence-electron chi connectivity index (χ2n) is 8.74. The number of benzene rings is 3. The molecule has 0 saturated heterocycles. The summed E-state index contributed by atoms with van der Waals surface area (Å²) in [6.07, 6.45) is 4.10. The summed E-state index contributed by atoms with van der Waals surface area (Å²) < 4.78 is 72.4. The summed E-state index contributed by atoms with van der Waals surface area (Å²) in [5, 5.41) is 20.7.